The van der Waals surface area contributed by atoms with Gasteiger partial charge in [-0.2, -0.15) is 0 Å². The zero-order valence-electron chi connectivity index (χ0n) is 15.0. The number of nitrogens with one attached hydrogen (secondary N) is 2. The molecule has 1 atom stereocenters. The minimum atomic E-state index is -4.56. The monoisotopic (exact) mass is 438 g/mol. The number of hydrogen-bond acceptors (Lipinski definition) is 2. The molecule has 1 amide bonds. The van der Waals surface area contributed by atoms with E-state index < -0.39 is 32.3 Å². The van der Waals surface area contributed by atoms with Crippen molar-refractivity contribution in [1.82, 2.24) is 5.32 Å². The molecule has 1 aliphatic rings. The number of alkyl halides is 3. The van der Waals surface area contributed by atoms with Crippen LogP contribution in [0.4, 0.5) is 18.9 Å². The summed E-state index contributed by atoms with van der Waals surface area (Å²) in [6, 6.07) is 12.4. The maximum atomic E-state index is 13.1. The first-order chi connectivity index (χ1) is 12.9. The van der Waals surface area contributed by atoms with Crippen molar-refractivity contribution in [2.75, 3.05) is 18.4 Å². The average Bonchev–Trinajstić information content (AvgIpc) is 2.67. The van der Waals surface area contributed by atoms with Gasteiger partial charge in [-0.1, -0.05) is 0 Å². The van der Waals surface area contributed by atoms with E-state index in [1.165, 1.54) is 22.6 Å². The Hall–Kier alpha value is -1.78. The van der Waals surface area contributed by atoms with Crippen molar-refractivity contribution in [3.05, 3.63) is 59.7 Å². The predicted molar refractivity (Wildman–Crippen MR) is 103 cm³/mol. The number of carbonyl (C=O) groups excluding carboxylic acids is 1. The Labute approximate surface area is 161 Å². The molecule has 144 valence electrons. The first kappa shape index (κ1) is 20.0. The molecule has 7 heteroatoms. The fourth-order valence-corrected chi connectivity index (χ4v) is 7.78. The van der Waals surface area contributed by atoms with E-state index in [0.29, 0.717) is 10.4 Å². The zero-order valence-corrected chi connectivity index (χ0v) is 16.9. The van der Waals surface area contributed by atoms with Gasteiger partial charge in [-0.3, -0.25) is 0 Å². The van der Waals surface area contributed by atoms with Crippen LogP contribution in [0.15, 0.2) is 48.5 Å². The van der Waals surface area contributed by atoms with Gasteiger partial charge in [0.1, 0.15) is 0 Å². The van der Waals surface area contributed by atoms with Crippen LogP contribution in [0.25, 0.3) is 0 Å². The zero-order chi connectivity index (χ0) is 19.4. The Bertz CT molecular complexity index is 804. The number of hydrogen-bond donors (Lipinski definition) is 2. The van der Waals surface area contributed by atoms with Crippen molar-refractivity contribution in [3.8, 4) is 0 Å². The summed E-state index contributed by atoms with van der Waals surface area (Å²) in [4.78, 5) is 12.5. The van der Waals surface area contributed by atoms with E-state index in [2.05, 4.69) is 22.4 Å². The Morgan fingerprint density at radius 3 is 2.52 bits per heavy atom. The summed E-state index contributed by atoms with van der Waals surface area (Å²) in [5, 5.41) is 6.01. The van der Waals surface area contributed by atoms with Crippen LogP contribution in [0.3, 0.4) is 0 Å². The summed E-state index contributed by atoms with van der Waals surface area (Å²) in [7, 11) is 0. The number of rotatable bonds is 4. The van der Waals surface area contributed by atoms with Crippen LogP contribution in [0.5, 0.6) is 0 Å². The van der Waals surface area contributed by atoms with E-state index in [0.717, 1.165) is 32.0 Å². The average molecular weight is 438 g/mol. The molecule has 0 aromatic heterocycles. The van der Waals surface area contributed by atoms with Gasteiger partial charge in [0.2, 0.25) is 0 Å². The Balaban J connectivity index is 1.78. The van der Waals surface area contributed by atoms with Crippen molar-refractivity contribution in [2.24, 2.45) is 0 Å². The van der Waals surface area contributed by atoms with Crippen LogP contribution >= 0.6 is 0 Å². The molecular formula is C20H22AsF3N2O. The minimum absolute atomic E-state index is 0.361. The van der Waals surface area contributed by atoms with Crippen LogP contribution in [0.1, 0.15) is 28.8 Å². The molecule has 27 heavy (non-hydrogen) atoms. The molecule has 2 aromatic carbocycles. The Morgan fingerprint density at radius 2 is 1.81 bits per heavy atom. The first-order valence-electron chi connectivity index (χ1n) is 8.87. The third kappa shape index (κ3) is 4.94. The first-order valence-corrected chi connectivity index (χ1v) is 12.8. The van der Waals surface area contributed by atoms with Gasteiger partial charge in [0, 0.05) is 0 Å². The van der Waals surface area contributed by atoms with Gasteiger partial charge < -0.3 is 0 Å². The van der Waals surface area contributed by atoms with Gasteiger partial charge in [-0.05, 0) is 0 Å². The molecule has 3 rings (SSSR count). The molecule has 1 fully saturated rings. The van der Waals surface area contributed by atoms with Crippen LogP contribution in [-0.4, -0.2) is 33.6 Å². The van der Waals surface area contributed by atoms with Crippen LogP contribution in [0.2, 0.25) is 10.4 Å². The third-order valence-corrected chi connectivity index (χ3v) is 10.5. The van der Waals surface area contributed by atoms with Crippen molar-refractivity contribution >= 4 is 30.6 Å². The number of halogens is 3. The summed E-state index contributed by atoms with van der Waals surface area (Å²) >= 11 is -1.27. The van der Waals surface area contributed by atoms with Crippen LogP contribution in [-0.2, 0) is 6.18 Å². The molecule has 1 unspecified atom stereocenters. The second-order valence-corrected chi connectivity index (χ2v) is 11.8. The van der Waals surface area contributed by atoms with Gasteiger partial charge in [0.25, 0.3) is 0 Å². The summed E-state index contributed by atoms with van der Waals surface area (Å²) in [5.74, 6) is -0.739. The quantitative estimate of drug-likeness (QED) is 0.708. The van der Waals surface area contributed by atoms with Crippen LogP contribution in [0, 0.1) is 0 Å². The summed E-state index contributed by atoms with van der Waals surface area (Å²) in [5.41, 5.74) is 1.57. The van der Waals surface area contributed by atoms with E-state index >= 15 is 0 Å². The standard InChI is InChI=1S/C20H22AsF3N2O/c1-21(14-9-11-25-12-10-14)15-5-4-6-16(13-15)26-19(27)17-7-2-3-8-18(17)20(22,23)24/h2-8,13-14,25H,9-12H2,1H3,(H,26,27). The second kappa shape index (κ2) is 8.49. The van der Waals surface area contributed by atoms with Gasteiger partial charge in [0.15, 0.2) is 0 Å². The number of carbonyl (C=O) groups is 1. The van der Waals surface area contributed by atoms with E-state index in [1.54, 1.807) is 6.07 Å². The molecule has 1 saturated heterocycles. The maximum absolute atomic E-state index is 13.1. The second-order valence-electron chi connectivity index (χ2n) is 6.64. The van der Waals surface area contributed by atoms with Gasteiger partial charge in [-0.15, -0.1) is 0 Å². The summed E-state index contributed by atoms with van der Waals surface area (Å²) < 4.78 is 41.4. The van der Waals surface area contributed by atoms with E-state index in [9.17, 15) is 18.0 Å². The SMILES string of the molecule is C[As](c1cccc(NC(=O)c2ccccc2C(F)(F)F)c1)C1CCNCC1. The molecule has 0 spiro atoms. The molecule has 0 saturated carbocycles. The molecule has 3 nitrogen and oxygen atoms in total. The molecule has 0 aliphatic carbocycles. The molecule has 2 aromatic rings. The van der Waals surface area contributed by atoms with Crippen molar-refractivity contribution < 1.29 is 18.0 Å². The molecule has 1 aliphatic heterocycles. The topological polar surface area (TPSA) is 41.1 Å². The number of amides is 1. The van der Waals surface area contributed by atoms with E-state index in [4.69, 9.17) is 0 Å². The number of benzene rings is 2. The molecule has 0 radical (unpaired) electrons. The third-order valence-electron chi connectivity index (χ3n) is 4.84. The van der Waals surface area contributed by atoms with Crippen LogP contribution < -0.4 is 15.0 Å². The van der Waals surface area contributed by atoms with Crippen molar-refractivity contribution in [1.29, 1.82) is 0 Å². The normalized spacial score (nSPS) is 16.7. The molecule has 2 N–H and O–H groups in total. The van der Waals surface area contributed by atoms with Gasteiger partial charge in [0.05, 0.1) is 0 Å². The number of piperidine rings is 1. The molecular weight excluding hydrogens is 416 g/mol. The fourth-order valence-electron chi connectivity index (χ4n) is 3.33. The molecule has 0 bridgehead atoms. The summed E-state index contributed by atoms with van der Waals surface area (Å²) in [6.07, 6.45) is -2.25. The van der Waals surface area contributed by atoms with Gasteiger partial charge >= 0.3 is 161 Å². The van der Waals surface area contributed by atoms with E-state index in [1.807, 2.05) is 12.1 Å². The van der Waals surface area contributed by atoms with Crippen molar-refractivity contribution in [2.45, 2.75) is 29.4 Å². The molecule has 1 heterocycles. The van der Waals surface area contributed by atoms with Crippen molar-refractivity contribution in [3.63, 3.8) is 0 Å². The fraction of sp³-hybridized carbons (Fsp3) is 0.350. The Kier molecular flexibility index (Phi) is 6.28. The summed E-state index contributed by atoms with van der Waals surface area (Å²) in [6.45, 7) is 2.07. The predicted octanol–water partition coefficient (Wildman–Crippen LogP) is 4.04. The van der Waals surface area contributed by atoms with E-state index in [-0.39, 0.29) is 5.56 Å². The Morgan fingerprint density at radius 1 is 1.11 bits per heavy atom. The number of anilines is 1. The van der Waals surface area contributed by atoms with Gasteiger partial charge in [-0.25, -0.2) is 0 Å².